The van der Waals surface area contributed by atoms with E-state index >= 15 is 0 Å². The van der Waals surface area contributed by atoms with Crippen LogP contribution in [0.2, 0.25) is 0 Å². The topological polar surface area (TPSA) is 110 Å². The number of hydrogen-bond acceptors (Lipinski definition) is 4. The van der Waals surface area contributed by atoms with Crippen molar-refractivity contribution in [2.75, 3.05) is 26.2 Å². The summed E-state index contributed by atoms with van der Waals surface area (Å²) in [4.78, 5) is 18.9. The van der Waals surface area contributed by atoms with Crippen LogP contribution in [0.25, 0.3) is 0 Å². The Balaban J connectivity index is 0. The van der Waals surface area contributed by atoms with Gasteiger partial charge in [-0.1, -0.05) is 7.43 Å². The Morgan fingerprint density at radius 1 is 0.846 bits per heavy atom. The summed E-state index contributed by atoms with van der Waals surface area (Å²) < 4.78 is 0. The van der Waals surface area contributed by atoms with Crippen LogP contribution in [-0.4, -0.2) is 38.0 Å². The fourth-order valence-corrected chi connectivity index (χ4v) is 0.604. The number of nitrogens with two attached hydrogens (primary N) is 2. The average molecular weight is 190 g/mol. The van der Waals surface area contributed by atoms with E-state index in [9.17, 15) is 9.59 Å². The van der Waals surface area contributed by atoms with Crippen LogP contribution in [0.1, 0.15) is 7.43 Å². The van der Waals surface area contributed by atoms with E-state index in [2.05, 4.69) is 22.1 Å². The van der Waals surface area contributed by atoms with Crippen molar-refractivity contribution >= 4 is 11.8 Å². The highest BCUT2D eigenvalue weighted by atomic mass is 16.2. The average Bonchev–Trinajstić information content (AvgIpc) is 2.08. The summed E-state index contributed by atoms with van der Waals surface area (Å²) >= 11 is 0. The molecule has 0 atom stereocenters. The Kier molecular flexibility index (Phi) is 9.91. The standard InChI is InChI=1S/C4H10N2.C2H4N2O2.CH4/c1-2-6-4-3-5-1;3-1(5)2(4)6;/h5-6H,1-4H2;(H2,3,5)(H2,4,6);1H4. The fraction of sp³-hybridized carbons (Fsp3) is 0.714. The van der Waals surface area contributed by atoms with E-state index in [1.165, 1.54) is 0 Å². The minimum atomic E-state index is -1.10. The summed E-state index contributed by atoms with van der Waals surface area (Å²) in [6.45, 7) is 4.56. The van der Waals surface area contributed by atoms with Crippen LogP contribution >= 0.6 is 0 Å². The number of hydrogen-bond donors (Lipinski definition) is 4. The Hall–Kier alpha value is -1.14. The molecule has 0 saturated carbocycles. The molecular weight excluding hydrogens is 172 g/mol. The molecule has 1 saturated heterocycles. The summed E-state index contributed by atoms with van der Waals surface area (Å²) in [6, 6.07) is 0. The fourth-order valence-electron chi connectivity index (χ4n) is 0.604. The van der Waals surface area contributed by atoms with Gasteiger partial charge in [-0.3, -0.25) is 9.59 Å². The summed E-state index contributed by atoms with van der Waals surface area (Å²) in [5.41, 5.74) is 8.64. The van der Waals surface area contributed by atoms with Crippen molar-refractivity contribution in [2.45, 2.75) is 7.43 Å². The van der Waals surface area contributed by atoms with Crippen LogP contribution < -0.4 is 22.1 Å². The molecule has 1 rings (SSSR count). The third kappa shape index (κ3) is 10.9. The number of primary amides is 2. The molecule has 0 radical (unpaired) electrons. The molecule has 2 amide bonds. The molecule has 0 unspecified atom stereocenters. The van der Waals surface area contributed by atoms with Gasteiger partial charge in [0.1, 0.15) is 0 Å². The molecule has 0 bridgehead atoms. The van der Waals surface area contributed by atoms with Crippen LogP contribution in [0.3, 0.4) is 0 Å². The van der Waals surface area contributed by atoms with E-state index in [0.29, 0.717) is 0 Å². The second kappa shape index (κ2) is 8.95. The van der Waals surface area contributed by atoms with Crippen molar-refractivity contribution in [1.29, 1.82) is 0 Å². The lowest BCUT2D eigenvalue weighted by molar-refractivity contribution is -0.135. The monoisotopic (exact) mass is 190 g/mol. The first kappa shape index (κ1) is 14.4. The Labute approximate surface area is 78.0 Å². The number of piperazine rings is 1. The zero-order valence-electron chi connectivity index (χ0n) is 6.80. The third-order valence-electron chi connectivity index (χ3n) is 1.20. The highest BCUT2D eigenvalue weighted by molar-refractivity contribution is 6.33. The van der Waals surface area contributed by atoms with Gasteiger partial charge < -0.3 is 22.1 Å². The molecular formula is C7H18N4O2. The van der Waals surface area contributed by atoms with Crippen LogP contribution in [0.15, 0.2) is 0 Å². The Morgan fingerprint density at radius 3 is 1.15 bits per heavy atom. The first-order valence-electron chi connectivity index (χ1n) is 3.65. The smallest absolute Gasteiger partial charge is 0.306 e. The molecule has 0 aliphatic carbocycles. The number of carbonyl (C=O) groups is 2. The molecule has 6 N–H and O–H groups in total. The van der Waals surface area contributed by atoms with Gasteiger partial charge in [-0.05, 0) is 0 Å². The van der Waals surface area contributed by atoms with Gasteiger partial charge in [0.2, 0.25) is 0 Å². The Bertz CT molecular complexity index is 133. The molecule has 6 nitrogen and oxygen atoms in total. The minimum Gasteiger partial charge on any atom is -0.361 e. The van der Waals surface area contributed by atoms with Crippen LogP contribution in [-0.2, 0) is 9.59 Å². The van der Waals surface area contributed by atoms with Crippen LogP contribution in [0.4, 0.5) is 0 Å². The van der Waals surface area contributed by atoms with Gasteiger partial charge in [0.05, 0.1) is 0 Å². The van der Waals surface area contributed by atoms with Crippen molar-refractivity contribution < 1.29 is 9.59 Å². The normalized spacial score (nSPS) is 14.5. The maximum Gasteiger partial charge on any atom is 0.306 e. The van der Waals surface area contributed by atoms with E-state index in [0.717, 1.165) is 26.2 Å². The second-order valence-electron chi connectivity index (χ2n) is 2.23. The predicted octanol–water partition coefficient (Wildman–Crippen LogP) is -2.23. The van der Waals surface area contributed by atoms with Crippen molar-refractivity contribution in [1.82, 2.24) is 10.6 Å². The first-order valence-corrected chi connectivity index (χ1v) is 3.65. The van der Waals surface area contributed by atoms with Gasteiger partial charge in [0.25, 0.3) is 0 Å². The van der Waals surface area contributed by atoms with Gasteiger partial charge in [-0.25, -0.2) is 0 Å². The maximum atomic E-state index is 9.45. The largest absolute Gasteiger partial charge is 0.361 e. The van der Waals surface area contributed by atoms with Gasteiger partial charge in [0, 0.05) is 26.2 Å². The van der Waals surface area contributed by atoms with E-state index < -0.39 is 11.8 Å². The van der Waals surface area contributed by atoms with E-state index in [-0.39, 0.29) is 7.43 Å². The Morgan fingerprint density at radius 2 is 1.08 bits per heavy atom. The van der Waals surface area contributed by atoms with Crippen molar-refractivity contribution in [3.05, 3.63) is 0 Å². The first-order chi connectivity index (χ1) is 5.64. The molecule has 1 fully saturated rings. The maximum absolute atomic E-state index is 9.45. The molecule has 0 aromatic rings. The van der Waals surface area contributed by atoms with Crippen LogP contribution in [0, 0.1) is 0 Å². The molecule has 0 aromatic carbocycles. The van der Waals surface area contributed by atoms with Gasteiger partial charge >= 0.3 is 11.8 Å². The minimum absolute atomic E-state index is 0. The summed E-state index contributed by atoms with van der Waals surface area (Å²) in [7, 11) is 0. The molecule has 1 heterocycles. The summed E-state index contributed by atoms with van der Waals surface area (Å²) in [5, 5.41) is 6.44. The van der Waals surface area contributed by atoms with E-state index in [1.807, 2.05) is 0 Å². The zero-order valence-corrected chi connectivity index (χ0v) is 6.80. The molecule has 78 valence electrons. The number of nitrogens with one attached hydrogen (secondary N) is 2. The van der Waals surface area contributed by atoms with Crippen molar-refractivity contribution in [2.24, 2.45) is 11.5 Å². The molecule has 6 heteroatoms. The lowest BCUT2D eigenvalue weighted by Gasteiger charge is -2.11. The number of amides is 2. The molecule has 0 aromatic heterocycles. The molecule has 1 aliphatic rings. The zero-order chi connectivity index (χ0) is 9.40. The van der Waals surface area contributed by atoms with E-state index in [1.54, 1.807) is 0 Å². The van der Waals surface area contributed by atoms with Crippen molar-refractivity contribution in [3.63, 3.8) is 0 Å². The van der Waals surface area contributed by atoms with Crippen molar-refractivity contribution in [3.8, 4) is 0 Å². The van der Waals surface area contributed by atoms with E-state index in [4.69, 9.17) is 0 Å². The predicted molar refractivity (Wildman–Crippen MR) is 50.9 cm³/mol. The molecule has 1 aliphatic heterocycles. The third-order valence-corrected chi connectivity index (χ3v) is 1.20. The van der Waals surface area contributed by atoms with Gasteiger partial charge in [-0.15, -0.1) is 0 Å². The number of carbonyl (C=O) groups excluding carboxylic acids is 2. The van der Waals surface area contributed by atoms with Gasteiger partial charge in [0.15, 0.2) is 0 Å². The lowest BCUT2D eigenvalue weighted by Crippen LogP contribution is -2.39. The number of rotatable bonds is 0. The lowest BCUT2D eigenvalue weighted by atomic mass is 10.4. The SMILES string of the molecule is C.C1CNCCN1.NC(=O)C(N)=O. The highest BCUT2D eigenvalue weighted by Gasteiger charge is 1.96. The highest BCUT2D eigenvalue weighted by Crippen LogP contribution is 1.65. The second-order valence-corrected chi connectivity index (χ2v) is 2.23. The van der Waals surface area contributed by atoms with Crippen LogP contribution in [0.5, 0.6) is 0 Å². The quantitative estimate of drug-likeness (QED) is 0.324. The molecule has 0 spiro atoms. The van der Waals surface area contributed by atoms with Gasteiger partial charge in [-0.2, -0.15) is 0 Å². The molecule has 13 heavy (non-hydrogen) atoms. The summed E-state index contributed by atoms with van der Waals surface area (Å²) in [6.07, 6.45) is 0. The summed E-state index contributed by atoms with van der Waals surface area (Å²) in [5.74, 6) is -2.20.